The highest BCUT2D eigenvalue weighted by Crippen LogP contribution is 2.37. The summed E-state index contributed by atoms with van der Waals surface area (Å²) >= 11 is 0. The maximum Gasteiger partial charge on any atom is 0.419 e. The van der Waals surface area contributed by atoms with Gasteiger partial charge in [0, 0.05) is 55.7 Å². The second kappa shape index (κ2) is 10.4. The Kier molecular flexibility index (Phi) is 7.08. The molecule has 1 N–H and O–H groups in total. The Bertz CT molecular complexity index is 1570. The standard InChI is InChI=1S/C27H28F4N8O/c1-16-5-6-19(13-23(16)39-15-22(34-35-39)20-14-32-37(4)17(20)2)33-26(40)18-11-21(27(29,30)31)25(28)24(12-18)38-9-7-36(3)8-10-38/h5-6,11-15H,7-10H2,1-4H3,(H,33,40). The Hall–Kier alpha value is -4.26. The molecular formula is C27H28F4N8O. The van der Waals surface area contributed by atoms with Crippen molar-refractivity contribution in [2.24, 2.45) is 7.05 Å². The zero-order valence-electron chi connectivity index (χ0n) is 22.4. The molecule has 3 heterocycles. The fourth-order valence-electron chi connectivity index (χ4n) is 4.62. The molecule has 0 radical (unpaired) electrons. The summed E-state index contributed by atoms with van der Waals surface area (Å²) in [4.78, 5) is 16.7. The highest BCUT2D eigenvalue weighted by atomic mass is 19.4. The van der Waals surface area contributed by atoms with Crippen molar-refractivity contribution in [1.82, 2.24) is 29.7 Å². The van der Waals surface area contributed by atoms with Gasteiger partial charge in [0.05, 0.1) is 29.3 Å². The topological polar surface area (TPSA) is 84.1 Å². The number of carbonyl (C=O) groups is 1. The number of nitrogens with zero attached hydrogens (tertiary/aromatic N) is 7. The second-order valence-corrected chi connectivity index (χ2v) is 9.92. The predicted molar refractivity (Wildman–Crippen MR) is 142 cm³/mol. The van der Waals surface area contributed by atoms with Gasteiger partial charge in [0.25, 0.3) is 5.91 Å². The lowest BCUT2D eigenvalue weighted by Crippen LogP contribution is -2.45. The van der Waals surface area contributed by atoms with E-state index in [0.29, 0.717) is 49.3 Å². The number of hydrogen-bond donors (Lipinski definition) is 1. The van der Waals surface area contributed by atoms with Crippen molar-refractivity contribution in [3.05, 3.63) is 70.9 Å². The maximum atomic E-state index is 15.0. The van der Waals surface area contributed by atoms with Crippen LogP contribution < -0.4 is 10.2 Å². The summed E-state index contributed by atoms with van der Waals surface area (Å²) in [5, 5.41) is 15.3. The molecule has 0 bridgehead atoms. The number of amides is 1. The SMILES string of the molecule is Cc1ccc(NC(=O)c2cc(N3CCN(C)CC3)c(F)c(C(F)(F)F)c2)cc1-n1cc(-c2cnn(C)c2C)nn1. The Morgan fingerprint density at radius 3 is 2.38 bits per heavy atom. The Balaban J connectivity index is 1.44. The summed E-state index contributed by atoms with van der Waals surface area (Å²) < 4.78 is 59.5. The average molecular weight is 557 g/mol. The van der Waals surface area contributed by atoms with Crippen LogP contribution in [0.1, 0.15) is 27.2 Å². The van der Waals surface area contributed by atoms with Crippen LogP contribution in [-0.4, -0.2) is 68.8 Å². The molecule has 1 fully saturated rings. The first-order chi connectivity index (χ1) is 18.9. The van der Waals surface area contributed by atoms with Gasteiger partial charge in [0.15, 0.2) is 5.82 Å². The number of halogens is 4. The Morgan fingerprint density at radius 1 is 1.00 bits per heavy atom. The minimum atomic E-state index is -4.96. The number of piperazine rings is 1. The van der Waals surface area contributed by atoms with Gasteiger partial charge in [-0.25, -0.2) is 9.07 Å². The van der Waals surface area contributed by atoms with Crippen molar-refractivity contribution >= 4 is 17.3 Å². The molecule has 13 heteroatoms. The number of carbonyl (C=O) groups excluding carboxylic acids is 1. The van der Waals surface area contributed by atoms with Crippen molar-refractivity contribution in [3.8, 4) is 16.9 Å². The zero-order valence-corrected chi connectivity index (χ0v) is 22.4. The number of hydrogen-bond acceptors (Lipinski definition) is 6. The van der Waals surface area contributed by atoms with Gasteiger partial charge in [0.2, 0.25) is 0 Å². The van der Waals surface area contributed by atoms with Crippen molar-refractivity contribution in [3.63, 3.8) is 0 Å². The fourth-order valence-corrected chi connectivity index (χ4v) is 4.62. The molecule has 0 aliphatic carbocycles. The highest BCUT2D eigenvalue weighted by molar-refractivity contribution is 6.05. The van der Waals surface area contributed by atoms with E-state index in [1.165, 1.54) is 11.0 Å². The number of aromatic nitrogens is 5. The van der Waals surface area contributed by atoms with Crippen LogP contribution in [0.15, 0.2) is 42.7 Å². The number of rotatable bonds is 5. The van der Waals surface area contributed by atoms with Gasteiger partial charge in [-0.15, -0.1) is 5.10 Å². The summed E-state index contributed by atoms with van der Waals surface area (Å²) in [6.07, 6.45) is -1.53. The maximum absolute atomic E-state index is 15.0. The largest absolute Gasteiger partial charge is 0.419 e. The van der Waals surface area contributed by atoms with Crippen LogP contribution in [0.2, 0.25) is 0 Å². The van der Waals surface area contributed by atoms with Crippen molar-refractivity contribution in [2.45, 2.75) is 20.0 Å². The van der Waals surface area contributed by atoms with E-state index in [9.17, 15) is 18.0 Å². The molecule has 0 atom stereocenters. The molecule has 0 unspecified atom stereocenters. The minimum absolute atomic E-state index is 0.237. The molecule has 1 amide bonds. The van der Waals surface area contributed by atoms with E-state index in [0.717, 1.165) is 16.8 Å². The normalized spacial score (nSPS) is 14.6. The number of likely N-dealkylation sites (N-methyl/N-ethyl adjacent to an activating group) is 1. The third-order valence-electron chi connectivity index (χ3n) is 7.18. The first kappa shape index (κ1) is 27.3. The lowest BCUT2D eigenvalue weighted by Gasteiger charge is -2.34. The lowest BCUT2D eigenvalue weighted by molar-refractivity contribution is -0.139. The van der Waals surface area contributed by atoms with Gasteiger partial charge in [-0.2, -0.15) is 18.3 Å². The molecule has 2 aromatic heterocycles. The van der Waals surface area contributed by atoms with Gasteiger partial charge in [0.1, 0.15) is 5.69 Å². The van der Waals surface area contributed by atoms with Crippen LogP contribution in [0.4, 0.5) is 28.9 Å². The predicted octanol–water partition coefficient (Wildman–Crippen LogP) is 4.45. The molecule has 1 aliphatic rings. The van der Waals surface area contributed by atoms with E-state index in [2.05, 4.69) is 20.7 Å². The van der Waals surface area contributed by atoms with Gasteiger partial charge in [-0.05, 0) is 50.7 Å². The number of nitrogens with one attached hydrogen (secondary N) is 1. The van der Waals surface area contributed by atoms with Gasteiger partial charge >= 0.3 is 6.18 Å². The molecule has 1 saturated heterocycles. The molecule has 0 spiro atoms. The third-order valence-corrected chi connectivity index (χ3v) is 7.18. The minimum Gasteiger partial charge on any atom is -0.367 e. The molecule has 5 rings (SSSR count). The van der Waals surface area contributed by atoms with Crippen LogP contribution in [0.25, 0.3) is 16.9 Å². The van der Waals surface area contributed by atoms with E-state index in [4.69, 9.17) is 0 Å². The monoisotopic (exact) mass is 556 g/mol. The Morgan fingerprint density at radius 2 is 1.73 bits per heavy atom. The van der Waals surface area contributed by atoms with E-state index >= 15 is 4.39 Å². The average Bonchev–Trinajstić information content (AvgIpc) is 3.51. The van der Waals surface area contributed by atoms with Crippen LogP contribution in [0.5, 0.6) is 0 Å². The molecule has 1 aliphatic heterocycles. The van der Waals surface area contributed by atoms with Crippen molar-refractivity contribution in [2.75, 3.05) is 43.4 Å². The number of aryl methyl sites for hydroxylation is 2. The summed E-state index contributed by atoms with van der Waals surface area (Å²) in [7, 11) is 3.71. The molecule has 210 valence electrons. The fraction of sp³-hybridized carbons (Fsp3) is 0.333. The molecule has 2 aromatic carbocycles. The second-order valence-electron chi connectivity index (χ2n) is 9.92. The zero-order chi connectivity index (χ0) is 28.8. The smallest absolute Gasteiger partial charge is 0.367 e. The van der Waals surface area contributed by atoms with Crippen LogP contribution in [0.3, 0.4) is 0 Å². The van der Waals surface area contributed by atoms with Gasteiger partial charge < -0.3 is 15.1 Å². The number of anilines is 2. The highest BCUT2D eigenvalue weighted by Gasteiger charge is 2.37. The molecule has 4 aromatic rings. The van der Waals surface area contributed by atoms with E-state index < -0.39 is 23.5 Å². The van der Waals surface area contributed by atoms with E-state index in [-0.39, 0.29) is 11.3 Å². The van der Waals surface area contributed by atoms with E-state index in [1.54, 1.807) is 40.0 Å². The first-order valence-corrected chi connectivity index (χ1v) is 12.6. The quantitative estimate of drug-likeness (QED) is 0.366. The summed E-state index contributed by atoms with van der Waals surface area (Å²) in [6, 6.07) is 6.77. The summed E-state index contributed by atoms with van der Waals surface area (Å²) in [6.45, 7) is 5.58. The number of benzene rings is 2. The summed E-state index contributed by atoms with van der Waals surface area (Å²) in [5.74, 6) is -2.17. The lowest BCUT2D eigenvalue weighted by atomic mass is 10.1. The third kappa shape index (κ3) is 5.28. The molecule has 9 nitrogen and oxygen atoms in total. The van der Waals surface area contributed by atoms with Crippen LogP contribution in [-0.2, 0) is 13.2 Å². The number of alkyl halides is 3. The van der Waals surface area contributed by atoms with Gasteiger partial charge in [-0.1, -0.05) is 11.3 Å². The first-order valence-electron chi connectivity index (χ1n) is 12.6. The van der Waals surface area contributed by atoms with Gasteiger partial charge in [-0.3, -0.25) is 9.48 Å². The van der Waals surface area contributed by atoms with Crippen molar-refractivity contribution < 1.29 is 22.4 Å². The molecule has 0 saturated carbocycles. The van der Waals surface area contributed by atoms with Crippen LogP contribution >= 0.6 is 0 Å². The molecular weight excluding hydrogens is 528 g/mol. The Labute approximate surface area is 228 Å². The molecule has 40 heavy (non-hydrogen) atoms. The van der Waals surface area contributed by atoms with E-state index in [1.807, 2.05) is 32.8 Å². The van der Waals surface area contributed by atoms with Crippen LogP contribution in [0, 0.1) is 19.7 Å². The summed E-state index contributed by atoms with van der Waals surface area (Å²) in [5.41, 5.74) is 2.13. The van der Waals surface area contributed by atoms with Crippen molar-refractivity contribution in [1.29, 1.82) is 0 Å².